The summed E-state index contributed by atoms with van der Waals surface area (Å²) in [5.74, 6) is 1.92. The van der Waals surface area contributed by atoms with Crippen LogP contribution in [0, 0.1) is 0 Å². The number of rotatable bonds is 6. The van der Waals surface area contributed by atoms with Gasteiger partial charge in [-0.2, -0.15) is 0 Å². The minimum absolute atomic E-state index is 0.630. The van der Waals surface area contributed by atoms with Gasteiger partial charge in [-0.15, -0.1) is 0 Å². The summed E-state index contributed by atoms with van der Waals surface area (Å²) in [6.45, 7) is 5.23. The van der Waals surface area contributed by atoms with Gasteiger partial charge < -0.3 is 9.47 Å². The van der Waals surface area contributed by atoms with Gasteiger partial charge in [-0.1, -0.05) is 140 Å². The van der Waals surface area contributed by atoms with E-state index in [9.17, 15) is 0 Å². The highest BCUT2D eigenvalue weighted by atomic mass is 15.1. The first kappa shape index (κ1) is 33.9. The summed E-state index contributed by atoms with van der Waals surface area (Å²) in [6.07, 6.45) is 8.45. The maximum atomic E-state index is 4.95. The minimum Gasteiger partial charge on any atom is -0.337 e. The maximum Gasteiger partial charge on any atom is 0.164 e. The van der Waals surface area contributed by atoms with E-state index in [0.29, 0.717) is 24.0 Å². The van der Waals surface area contributed by atoms with E-state index >= 15 is 0 Å². The number of hydrogen-bond donors (Lipinski definition) is 0. The lowest BCUT2D eigenvalue weighted by molar-refractivity contribution is 1.07. The Kier molecular flexibility index (Phi) is 8.65. The summed E-state index contributed by atoms with van der Waals surface area (Å²) in [5, 5.41) is 2.46. The molecule has 0 amide bonds. The molecule has 0 fully saturated rings. The molecule has 10 rings (SSSR count). The molecule has 0 N–H and O–H groups in total. The quantitative estimate of drug-likeness (QED) is 0.171. The first-order valence-corrected chi connectivity index (χ1v) is 19.2. The molecule has 0 radical (unpaired) electrons. The molecule has 3 heterocycles. The van der Waals surface area contributed by atoms with E-state index in [4.69, 9.17) is 15.0 Å². The molecule has 0 saturated carbocycles. The van der Waals surface area contributed by atoms with E-state index < -0.39 is 0 Å². The fraction of sp³-hybridized carbons (Fsp3) is 0.0192. The molecule has 0 atom stereocenters. The Morgan fingerprint density at radius 1 is 0.439 bits per heavy atom. The van der Waals surface area contributed by atoms with Gasteiger partial charge in [-0.25, -0.2) is 15.0 Å². The second-order valence-electron chi connectivity index (χ2n) is 14.2. The second kappa shape index (κ2) is 14.5. The van der Waals surface area contributed by atoms with Crippen LogP contribution in [0.15, 0.2) is 207 Å². The van der Waals surface area contributed by atoms with Gasteiger partial charge in [-0.05, 0) is 83.4 Å². The van der Waals surface area contributed by atoms with E-state index in [1.54, 1.807) is 0 Å². The van der Waals surface area contributed by atoms with Crippen molar-refractivity contribution in [2.75, 3.05) is 11.4 Å². The lowest BCUT2D eigenvalue weighted by atomic mass is 9.96. The molecule has 5 heteroatoms. The third-order valence-corrected chi connectivity index (χ3v) is 10.6. The normalized spacial score (nSPS) is 13.8. The molecule has 0 unspecified atom stereocenters. The lowest BCUT2D eigenvalue weighted by Gasteiger charge is -2.27. The molecule has 0 saturated heterocycles. The zero-order valence-corrected chi connectivity index (χ0v) is 31.2. The largest absolute Gasteiger partial charge is 0.337 e. The highest BCUT2D eigenvalue weighted by Gasteiger charge is 2.19. The SMILES string of the molecule is C=C1/C=C\C=C/CN(c2ccc(-c3nc(-c4ccccc4)nc(-c4ccccc4)n3)cc2)c2ccc(-c3ccc4c(c3)c3ccccc3n4-c3ccccc3)cc21. The molecule has 2 aromatic heterocycles. The first-order valence-electron chi connectivity index (χ1n) is 19.2. The van der Waals surface area contributed by atoms with Crippen LogP contribution in [-0.4, -0.2) is 26.1 Å². The zero-order valence-electron chi connectivity index (χ0n) is 31.2. The van der Waals surface area contributed by atoms with Crippen LogP contribution in [0.3, 0.4) is 0 Å². The summed E-state index contributed by atoms with van der Waals surface area (Å²) in [4.78, 5) is 17.1. The smallest absolute Gasteiger partial charge is 0.164 e. The van der Waals surface area contributed by atoms with E-state index in [2.05, 4.69) is 156 Å². The third kappa shape index (κ3) is 6.41. The number of anilines is 2. The second-order valence-corrected chi connectivity index (χ2v) is 14.2. The van der Waals surface area contributed by atoms with E-state index in [-0.39, 0.29) is 0 Å². The number of aromatic nitrogens is 4. The van der Waals surface area contributed by atoms with Crippen molar-refractivity contribution in [2.45, 2.75) is 0 Å². The molecule has 9 aromatic rings. The predicted octanol–water partition coefficient (Wildman–Crippen LogP) is 12.9. The van der Waals surface area contributed by atoms with Crippen LogP contribution in [0.25, 0.3) is 78.4 Å². The fourth-order valence-corrected chi connectivity index (χ4v) is 7.79. The van der Waals surface area contributed by atoms with Crippen molar-refractivity contribution in [3.63, 3.8) is 0 Å². The van der Waals surface area contributed by atoms with Gasteiger partial charge in [0.05, 0.1) is 11.0 Å². The van der Waals surface area contributed by atoms with Gasteiger partial charge in [0.2, 0.25) is 0 Å². The molecular formula is C52H37N5. The van der Waals surface area contributed by atoms with Gasteiger partial charge in [-0.3, -0.25) is 0 Å². The average Bonchev–Trinajstić information content (AvgIpc) is 3.65. The Hall–Kier alpha value is -7.63. The van der Waals surface area contributed by atoms with Crippen molar-refractivity contribution in [1.82, 2.24) is 19.5 Å². The summed E-state index contributed by atoms with van der Waals surface area (Å²) in [5.41, 5.74) is 12.8. The van der Waals surface area contributed by atoms with Gasteiger partial charge in [0, 0.05) is 56.6 Å². The van der Waals surface area contributed by atoms with Crippen LogP contribution in [0.4, 0.5) is 11.4 Å². The van der Waals surface area contributed by atoms with Crippen molar-refractivity contribution >= 4 is 38.8 Å². The van der Waals surface area contributed by atoms with E-state index in [0.717, 1.165) is 56.0 Å². The first-order chi connectivity index (χ1) is 28.2. The van der Waals surface area contributed by atoms with Crippen molar-refractivity contribution in [1.29, 1.82) is 0 Å². The Morgan fingerprint density at radius 3 is 1.67 bits per heavy atom. The maximum absolute atomic E-state index is 4.95. The van der Waals surface area contributed by atoms with Crippen LogP contribution in [0.5, 0.6) is 0 Å². The molecule has 0 spiro atoms. The number of nitrogens with zero attached hydrogens (tertiary/aromatic N) is 5. The summed E-state index contributed by atoms with van der Waals surface area (Å²) in [6, 6.07) is 61.5. The number of hydrogen-bond acceptors (Lipinski definition) is 4. The van der Waals surface area contributed by atoms with Crippen LogP contribution < -0.4 is 4.90 Å². The molecule has 5 nitrogen and oxygen atoms in total. The molecule has 1 aliphatic heterocycles. The minimum atomic E-state index is 0.630. The van der Waals surface area contributed by atoms with Crippen LogP contribution in [-0.2, 0) is 0 Å². The van der Waals surface area contributed by atoms with Crippen molar-refractivity contribution in [3.8, 4) is 51.0 Å². The number of benzene rings is 7. The summed E-state index contributed by atoms with van der Waals surface area (Å²) >= 11 is 0. The average molecular weight is 732 g/mol. The molecule has 7 aromatic carbocycles. The number of allylic oxidation sites excluding steroid dienone is 4. The molecule has 1 aliphatic rings. The summed E-state index contributed by atoms with van der Waals surface area (Å²) < 4.78 is 2.35. The third-order valence-electron chi connectivity index (χ3n) is 10.6. The molecule has 0 aliphatic carbocycles. The molecule has 270 valence electrons. The van der Waals surface area contributed by atoms with Gasteiger partial charge in [0.1, 0.15) is 0 Å². The van der Waals surface area contributed by atoms with Crippen LogP contribution in [0.1, 0.15) is 5.56 Å². The van der Waals surface area contributed by atoms with Crippen molar-refractivity contribution in [2.24, 2.45) is 0 Å². The Bertz CT molecular complexity index is 2920. The number of para-hydroxylation sites is 2. The monoisotopic (exact) mass is 731 g/mol. The Morgan fingerprint density at radius 2 is 0.982 bits per heavy atom. The van der Waals surface area contributed by atoms with Crippen molar-refractivity contribution < 1.29 is 0 Å². The van der Waals surface area contributed by atoms with E-state index in [1.165, 1.54) is 21.8 Å². The van der Waals surface area contributed by atoms with Gasteiger partial charge in [0.25, 0.3) is 0 Å². The zero-order chi connectivity index (χ0) is 38.1. The highest BCUT2D eigenvalue weighted by molar-refractivity contribution is 6.10. The molecular weight excluding hydrogens is 695 g/mol. The van der Waals surface area contributed by atoms with Crippen LogP contribution >= 0.6 is 0 Å². The van der Waals surface area contributed by atoms with Crippen molar-refractivity contribution in [3.05, 3.63) is 212 Å². The van der Waals surface area contributed by atoms with Gasteiger partial charge >= 0.3 is 0 Å². The predicted molar refractivity (Wildman–Crippen MR) is 237 cm³/mol. The van der Waals surface area contributed by atoms with Gasteiger partial charge in [0.15, 0.2) is 17.5 Å². The fourth-order valence-electron chi connectivity index (χ4n) is 7.79. The Labute approximate surface area is 331 Å². The topological polar surface area (TPSA) is 46.8 Å². The standard InChI is InChI=1S/C52H37N5/c1-36-16-6-5-15-33-56(42-29-25-39(26-30-42)52-54-50(37-17-7-2-8-18-37)53-51(55-52)38-19-9-3-10-20-38)47-31-27-40(34-45(36)47)41-28-32-49-46(35-41)44-23-13-14-24-48(44)57(49)43-21-11-4-12-22-43/h2-32,34-35H,1,33H2/b15-5-,16-6-. The molecule has 57 heavy (non-hydrogen) atoms. The molecule has 0 bridgehead atoms. The summed E-state index contributed by atoms with van der Waals surface area (Å²) in [7, 11) is 0. The highest BCUT2D eigenvalue weighted by Crippen LogP contribution is 2.39. The Balaban J connectivity index is 1.03. The van der Waals surface area contributed by atoms with E-state index in [1.807, 2.05) is 60.7 Å². The number of fused-ring (bicyclic) bond motifs is 4. The lowest BCUT2D eigenvalue weighted by Crippen LogP contribution is -2.18. The van der Waals surface area contributed by atoms with Crippen LogP contribution in [0.2, 0.25) is 0 Å².